The van der Waals surface area contributed by atoms with E-state index in [4.69, 9.17) is 4.74 Å². The number of carbonyl (C=O) groups is 1. The number of fused-ring (bicyclic) bond motifs is 1. The van der Waals surface area contributed by atoms with Crippen LogP contribution in [0.3, 0.4) is 0 Å². The van der Waals surface area contributed by atoms with Crippen molar-refractivity contribution >= 4 is 17.3 Å². The number of halogens is 4. The number of alkyl halides is 2. The number of ether oxygens (including phenoxy) is 1. The number of hydrogen-bond acceptors (Lipinski definition) is 4. The predicted octanol–water partition coefficient (Wildman–Crippen LogP) is 4.03. The highest BCUT2D eigenvalue weighted by Gasteiger charge is 2.28. The van der Waals surface area contributed by atoms with Crippen molar-refractivity contribution in [3.8, 4) is 17.0 Å². The van der Waals surface area contributed by atoms with Crippen LogP contribution in [0.1, 0.15) is 16.1 Å². The van der Waals surface area contributed by atoms with Crippen molar-refractivity contribution in [2.45, 2.75) is 12.8 Å². The highest BCUT2D eigenvalue weighted by Crippen LogP contribution is 2.40. The zero-order valence-corrected chi connectivity index (χ0v) is 15.4. The molecule has 3 heterocycles. The maximum atomic E-state index is 13.7. The molecule has 6 nitrogen and oxygen atoms in total. The smallest absolute Gasteiger partial charge is 0.272 e. The number of aromatic amines is 1. The van der Waals surface area contributed by atoms with Crippen LogP contribution in [0.5, 0.6) is 5.75 Å². The lowest BCUT2D eigenvalue weighted by molar-refractivity contribution is 0.0820. The van der Waals surface area contributed by atoms with Gasteiger partial charge in [-0.05, 0) is 18.2 Å². The quantitative estimate of drug-likeness (QED) is 0.526. The van der Waals surface area contributed by atoms with Gasteiger partial charge in [-0.15, -0.1) is 0 Å². The molecule has 156 valence electrons. The Kier molecular flexibility index (Phi) is 5.30. The van der Waals surface area contributed by atoms with Crippen molar-refractivity contribution < 1.29 is 27.1 Å². The number of amides is 1. The van der Waals surface area contributed by atoms with Gasteiger partial charge in [-0.1, -0.05) is 0 Å². The van der Waals surface area contributed by atoms with Crippen LogP contribution in [0.4, 0.5) is 28.9 Å². The van der Waals surface area contributed by atoms with Crippen LogP contribution in [-0.4, -0.2) is 35.5 Å². The zero-order chi connectivity index (χ0) is 21.3. The average molecular weight is 420 g/mol. The Labute approximate surface area is 168 Å². The summed E-state index contributed by atoms with van der Waals surface area (Å²) in [7, 11) is 0. The Morgan fingerprint density at radius 3 is 2.80 bits per heavy atom. The molecule has 0 saturated carbocycles. The van der Waals surface area contributed by atoms with Crippen LogP contribution in [-0.2, 0) is 6.42 Å². The number of aromatic nitrogens is 2. The second-order valence-corrected chi connectivity index (χ2v) is 6.56. The normalized spacial score (nSPS) is 13.2. The Morgan fingerprint density at radius 2 is 2.03 bits per heavy atom. The number of hydrogen-bond donors (Lipinski definition) is 3. The highest BCUT2D eigenvalue weighted by molar-refractivity contribution is 6.06. The molecule has 0 aliphatic carbocycles. The Bertz CT molecular complexity index is 1100. The van der Waals surface area contributed by atoms with Gasteiger partial charge in [0.25, 0.3) is 12.3 Å². The summed E-state index contributed by atoms with van der Waals surface area (Å²) < 4.78 is 57.5. The Morgan fingerprint density at radius 1 is 1.20 bits per heavy atom. The van der Waals surface area contributed by atoms with Gasteiger partial charge in [-0.3, -0.25) is 9.78 Å². The van der Waals surface area contributed by atoms with E-state index in [1.165, 1.54) is 18.5 Å². The first-order chi connectivity index (χ1) is 14.4. The first-order valence-corrected chi connectivity index (χ1v) is 9.04. The molecule has 0 fully saturated rings. The lowest BCUT2D eigenvalue weighted by atomic mass is 10.0. The molecule has 0 bridgehead atoms. The summed E-state index contributed by atoms with van der Waals surface area (Å²) in [5.74, 6) is -2.33. The van der Waals surface area contributed by atoms with Gasteiger partial charge in [0.2, 0.25) is 0 Å². The third-order valence-corrected chi connectivity index (χ3v) is 4.57. The zero-order valence-electron chi connectivity index (χ0n) is 15.4. The predicted molar refractivity (Wildman–Crippen MR) is 101 cm³/mol. The van der Waals surface area contributed by atoms with Crippen LogP contribution < -0.4 is 15.4 Å². The van der Waals surface area contributed by atoms with E-state index in [9.17, 15) is 22.4 Å². The molecule has 1 amide bonds. The van der Waals surface area contributed by atoms with Gasteiger partial charge in [0.1, 0.15) is 12.4 Å². The number of rotatable bonds is 6. The molecule has 0 spiro atoms. The molecular formula is C20H16F4N4O2. The molecule has 3 N–H and O–H groups in total. The van der Waals surface area contributed by atoms with Crippen molar-refractivity contribution in [1.29, 1.82) is 0 Å². The lowest BCUT2D eigenvalue weighted by Gasteiger charge is -2.16. The molecule has 3 aromatic rings. The molecule has 1 aliphatic rings. The van der Waals surface area contributed by atoms with Gasteiger partial charge in [0.15, 0.2) is 11.6 Å². The number of H-pyrrole nitrogens is 1. The standard InChI is InChI=1S/C20H16F4N4O2/c21-12-2-1-10(7-13(12)22)27-19-17-14(4-6-26-20(17)29)28-18(19)11-3-5-25-8-15(11)30-9-16(23)24/h1-3,5,7-8,16,27-28H,4,6,9H2,(H,26,29). The van der Waals surface area contributed by atoms with Crippen LogP contribution in [0.15, 0.2) is 36.7 Å². The van der Waals surface area contributed by atoms with E-state index in [2.05, 4.69) is 20.6 Å². The molecule has 1 aromatic carbocycles. The molecule has 4 rings (SSSR count). The molecule has 0 radical (unpaired) electrons. The van der Waals surface area contributed by atoms with E-state index >= 15 is 0 Å². The minimum Gasteiger partial charge on any atom is -0.485 e. The Hall–Kier alpha value is -3.56. The van der Waals surface area contributed by atoms with E-state index in [0.29, 0.717) is 41.2 Å². The monoisotopic (exact) mass is 420 g/mol. The highest BCUT2D eigenvalue weighted by atomic mass is 19.3. The van der Waals surface area contributed by atoms with E-state index in [1.807, 2.05) is 0 Å². The van der Waals surface area contributed by atoms with Gasteiger partial charge >= 0.3 is 0 Å². The minimum absolute atomic E-state index is 0.0881. The molecule has 0 atom stereocenters. The fourth-order valence-corrected chi connectivity index (χ4v) is 3.28. The first kappa shape index (κ1) is 19.7. The van der Waals surface area contributed by atoms with Gasteiger partial charge in [0.05, 0.1) is 23.1 Å². The van der Waals surface area contributed by atoms with E-state index in [1.54, 1.807) is 6.07 Å². The number of pyridine rings is 1. The fraction of sp³-hybridized carbons (Fsp3) is 0.200. The van der Waals surface area contributed by atoms with Gasteiger partial charge < -0.3 is 20.4 Å². The summed E-state index contributed by atoms with van der Waals surface area (Å²) in [4.78, 5) is 19.6. The number of anilines is 2. The van der Waals surface area contributed by atoms with Crippen molar-refractivity contribution in [1.82, 2.24) is 15.3 Å². The van der Waals surface area contributed by atoms with Crippen molar-refractivity contribution in [3.05, 3.63) is 59.6 Å². The van der Waals surface area contributed by atoms with E-state index in [0.717, 1.165) is 12.1 Å². The number of benzene rings is 1. The molecule has 2 aromatic heterocycles. The maximum Gasteiger partial charge on any atom is 0.272 e. The van der Waals surface area contributed by atoms with E-state index in [-0.39, 0.29) is 17.3 Å². The third kappa shape index (κ3) is 3.80. The summed E-state index contributed by atoms with van der Waals surface area (Å²) >= 11 is 0. The molecular weight excluding hydrogens is 404 g/mol. The average Bonchev–Trinajstić information content (AvgIpc) is 3.09. The second-order valence-electron chi connectivity index (χ2n) is 6.56. The van der Waals surface area contributed by atoms with Crippen molar-refractivity contribution in [2.75, 3.05) is 18.5 Å². The molecule has 30 heavy (non-hydrogen) atoms. The lowest BCUT2D eigenvalue weighted by Crippen LogP contribution is -2.31. The molecule has 0 saturated heterocycles. The topological polar surface area (TPSA) is 79.0 Å². The van der Waals surface area contributed by atoms with E-state index < -0.39 is 24.7 Å². The molecule has 0 unspecified atom stereocenters. The number of carbonyl (C=O) groups excluding carboxylic acids is 1. The van der Waals surface area contributed by atoms with Gasteiger partial charge in [-0.25, -0.2) is 17.6 Å². The summed E-state index contributed by atoms with van der Waals surface area (Å²) in [5.41, 5.74) is 2.19. The van der Waals surface area contributed by atoms with Gasteiger partial charge in [-0.2, -0.15) is 0 Å². The van der Waals surface area contributed by atoms with Gasteiger partial charge in [0, 0.05) is 42.2 Å². The maximum absolute atomic E-state index is 13.7. The summed E-state index contributed by atoms with van der Waals surface area (Å²) in [5, 5.41) is 5.68. The van der Waals surface area contributed by atoms with Crippen LogP contribution in [0, 0.1) is 11.6 Å². The van der Waals surface area contributed by atoms with Crippen molar-refractivity contribution in [2.24, 2.45) is 0 Å². The number of nitrogens with zero attached hydrogens (tertiary/aromatic N) is 1. The summed E-state index contributed by atoms with van der Waals surface area (Å²) in [6.07, 6.45) is 0.567. The van der Waals surface area contributed by atoms with Crippen LogP contribution >= 0.6 is 0 Å². The van der Waals surface area contributed by atoms with Crippen LogP contribution in [0.2, 0.25) is 0 Å². The first-order valence-electron chi connectivity index (χ1n) is 9.04. The summed E-state index contributed by atoms with van der Waals surface area (Å²) in [6.45, 7) is -0.410. The molecule has 1 aliphatic heterocycles. The molecule has 10 heteroatoms. The largest absolute Gasteiger partial charge is 0.485 e. The second kappa shape index (κ2) is 8.05. The minimum atomic E-state index is -2.68. The number of nitrogens with one attached hydrogen (secondary N) is 3. The third-order valence-electron chi connectivity index (χ3n) is 4.57. The summed E-state index contributed by atoms with van der Waals surface area (Å²) in [6, 6.07) is 4.79. The fourth-order valence-electron chi connectivity index (χ4n) is 3.28. The SMILES string of the molecule is O=C1NCCc2[nH]c(-c3ccncc3OCC(F)F)c(Nc3ccc(F)c(F)c3)c21. The van der Waals surface area contributed by atoms with Crippen molar-refractivity contribution in [3.63, 3.8) is 0 Å². The Balaban J connectivity index is 1.83. The van der Waals surface area contributed by atoms with Crippen LogP contribution in [0.25, 0.3) is 11.3 Å².